The summed E-state index contributed by atoms with van der Waals surface area (Å²) in [6, 6.07) is 12.4. The van der Waals surface area contributed by atoms with E-state index in [0.717, 1.165) is 0 Å². The summed E-state index contributed by atoms with van der Waals surface area (Å²) in [5.74, 6) is 0.158. The van der Waals surface area contributed by atoms with Crippen LogP contribution < -0.4 is 14.8 Å². The molecule has 0 aliphatic rings. The number of halogens is 1. The zero-order valence-corrected chi connectivity index (χ0v) is 16.3. The van der Waals surface area contributed by atoms with Crippen molar-refractivity contribution in [3.63, 3.8) is 0 Å². The summed E-state index contributed by atoms with van der Waals surface area (Å²) in [5.41, 5.74) is 0.300. The van der Waals surface area contributed by atoms with Crippen molar-refractivity contribution in [1.29, 1.82) is 0 Å². The number of anilines is 1. The molecule has 0 unspecified atom stereocenters. The molecule has 1 atom stereocenters. The number of rotatable bonds is 7. The van der Waals surface area contributed by atoms with Crippen LogP contribution in [0.3, 0.4) is 0 Å². The molecule has 0 radical (unpaired) electrons. The maximum absolute atomic E-state index is 12.4. The molecule has 0 heterocycles. The van der Waals surface area contributed by atoms with E-state index in [9.17, 15) is 13.2 Å². The summed E-state index contributed by atoms with van der Waals surface area (Å²) in [6.45, 7) is 5.34. The standard InChI is InChI=1S/C18H21ClN2O4S/c1-12(2)20-18(22)13(3)25-14-8-10-15(11-9-14)26(23,24)21-17-7-5-4-6-16(17)19/h4-13,21H,1-3H3,(H,20,22)/t13-/m0/s1. The lowest BCUT2D eigenvalue weighted by molar-refractivity contribution is -0.127. The summed E-state index contributed by atoms with van der Waals surface area (Å²) in [6.07, 6.45) is -0.693. The SMILES string of the molecule is CC(C)NC(=O)[C@H](C)Oc1ccc(S(=O)(=O)Nc2ccccc2Cl)cc1. The summed E-state index contributed by atoms with van der Waals surface area (Å²) < 4.78 is 32.9. The molecule has 0 saturated carbocycles. The van der Waals surface area contributed by atoms with Crippen LogP contribution in [0.5, 0.6) is 5.75 Å². The average molecular weight is 397 g/mol. The maximum atomic E-state index is 12.4. The Morgan fingerprint density at radius 2 is 1.65 bits per heavy atom. The summed E-state index contributed by atoms with van der Waals surface area (Å²) in [4.78, 5) is 11.9. The van der Waals surface area contributed by atoms with E-state index in [2.05, 4.69) is 10.0 Å². The quantitative estimate of drug-likeness (QED) is 0.750. The zero-order valence-electron chi connectivity index (χ0n) is 14.7. The minimum Gasteiger partial charge on any atom is -0.481 e. The van der Waals surface area contributed by atoms with E-state index in [1.54, 1.807) is 31.2 Å². The smallest absolute Gasteiger partial charge is 0.261 e. The van der Waals surface area contributed by atoms with Crippen LogP contribution >= 0.6 is 11.6 Å². The van der Waals surface area contributed by atoms with Crippen molar-refractivity contribution in [3.8, 4) is 5.75 Å². The van der Waals surface area contributed by atoms with E-state index in [1.165, 1.54) is 24.3 Å². The van der Waals surface area contributed by atoms with Gasteiger partial charge < -0.3 is 10.1 Å². The van der Waals surface area contributed by atoms with E-state index in [4.69, 9.17) is 16.3 Å². The number of hydrogen-bond donors (Lipinski definition) is 2. The lowest BCUT2D eigenvalue weighted by atomic mass is 10.3. The van der Waals surface area contributed by atoms with Gasteiger partial charge in [-0.25, -0.2) is 8.42 Å². The van der Waals surface area contributed by atoms with E-state index >= 15 is 0 Å². The largest absolute Gasteiger partial charge is 0.481 e. The van der Waals surface area contributed by atoms with Gasteiger partial charge in [0.05, 0.1) is 15.6 Å². The van der Waals surface area contributed by atoms with Gasteiger partial charge in [0.1, 0.15) is 5.75 Å². The van der Waals surface area contributed by atoms with Crippen molar-refractivity contribution >= 4 is 33.2 Å². The molecule has 140 valence electrons. The van der Waals surface area contributed by atoms with Crippen LogP contribution in [0, 0.1) is 0 Å². The number of hydrogen-bond acceptors (Lipinski definition) is 4. The minimum atomic E-state index is -3.78. The normalized spacial score (nSPS) is 12.5. The number of para-hydroxylation sites is 1. The molecule has 0 bridgehead atoms. The van der Waals surface area contributed by atoms with Crippen molar-refractivity contribution in [2.75, 3.05) is 4.72 Å². The molecular weight excluding hydrogens is 376 g/mol. The highest BCUT2D eigenvalue weighted by atomic mass is 35.5. The Hall–Kier alpha value is -2.25. The molecule has 1 amide bonds. The van der Waals surface area contributed by atoms with Crippen LogP contribution in [-0.2, 0) is 14.8 Å². The third-order valence-corrected chi connectivity index (χ3v) is 5.08. The van der Waals surface area contributed by atoms with Crippen molar-refractivity contribution in [2.24, 2.45) is 0 Å². The summed E-state index contributed by atoms with van der Waals surface area (Å²) in [7, 11) is -3.78. The van der Waals surface area contributed by atoms with Gasteiger partial charge in [0.2, 0.25) is 0 Å². The summed E-state index contributed by atoms with van der Waals surface area (Å²) >= 11 is 5.98. The number of amides is 1. The Labute approximate surface area is 158 Å². The molecule has 0 aromatic heterocycles. The molecule has 2 N–H and O–H groups in total. The van der Waals surface area contributed by atoms with Gasteiger partial charge in [-0.1, -0.05) is 23.7 Å². The molecule has 8 heteroatoms. The second kappa shape index (κ2) is 8.42. The third-order valence-electron chi connectivity index (χ3n) is 3.37. The van der Waals surface area contributed by atoms with E-state index in [1.807, 2.05) is 13.8 Å². The Balaban J connectivity index is 2.08. The van der Waals surface area contributed by atoms with Gasteiger partial charge in [0.25, 0.3) is 15.9 Å². The van der Waals surface area contributed by atoms with Gasteiger partial charge in [0, 0.05) is 6.04 Å². The predicted octanol–water partition coefficient (Wildman–Crippen LogP) is 3.43. The van der Waals surface area contributed by atoms with Gasteiger partial charge in [0.15, 0.2) is 6.10 Å². The molecule has 0 spiro atoms. The Bertz CT molecular complexity index is 867. The molecule has 26 heavy (non-hydrogen) atoms. The molecule has 0 fully saturated rings. The lowest BCUT2D eigenvalue weighted by Gasteiger charge is -2.16. The third kappa shape index (κ3) is 5.37. The highest BCUT2D eigenvalue weighted by Gasteiger charge is 2.18. The summed E-state index contributed by atoms with van der Waals surface area (Å²) in [5, 5.41) is 3.06. The lowest BCUT2D eigenvalue weighted by Crippen LogP contribution is -2.40. The monoisotopic (exact) mass is 396 g/mol. The second-order valence-electron chi connectivity index (χ2n) is 5.98. The Morgan fingerprint density at radius 1 is 1.04 bits per heavy atom. The van der Waals surface area contributed by atoms with Crippen LogP contribution in [0.2, 0.25) is 5.02 Å². The predicted molar refractivity (Wildman–Crippen MR) is 102 cm³/mol. The number of benzene rings is 2. The molecule has 2 rings (SSSR count). The number of carbonyl (C=O) groups is 1. The first-order chi connectivity index (χ1) is 12.2. The van der Waals surface area contributed by atoms with Crippen LogP contribution in [-0.4, -0.2) is 26.5 Å². The number of nitrogens with one attached hydrogen (secondary N) is 2. The minimum absolute atomic E-state index is 0.0111. The zero-order chi connectivity index (χ0) is 19.3. The second-order valence-corrected chi connectivity index (χ2v) is 8.07. The van der Waals surface area contributed by atoms with E-state index in [-0.39, 0.29) is 16.8 Å². The van der Waals surface area contributed by atoms with Gasteiger partial charge in [-0.2, -0.15) is 0 Å². The average Bonchev–Trinajstić information content (AvgIpc) is 2.56. The molecule has 6 nitrogen and oxygen atoms in total. The Morgan fingerprint density at radius 3 is 2.23 bits per heavy atom. The van der Waals surface area contributed by atoms with Crippen LogP contribution in [0.1, 0.15) is 20.8 Å². The highest BCUT2D eigenvalue weighted by molar-refractivity contribution is 7.92. The first kappa shape index (κ1) is 20.1. The van der Waals surface area contributed by atoms with Crippen LogP contribution in [0.4, 0.5) is 5.69 Å². The fraction of sp³-hybridized carbons (Fsp3) is 0.278. The fourth-order valence-electron chi connectivity index (χ4n) is 2.10. The Kier molecular flexibility index (Phi) is 6.50. The van der Waals surface area contributed by atoms with Crippen molar-refractivity contribution in [3.05, 3.63) is 53.6 Å². The molecule has 2 aromatic rings. The number of ether oxygens (including phenoxy) is 1. The molecule has 0 saturated heterocycles. The van der Waals surface area contributed by atoms with Crippen LogP contribution in [0.25, 0.3) is 0 Å². The first-order valence-corrected chi connectivity index (χ1v) is 9.89. The van der Waals surface area contributed by atoms with E-state index in [0.29, 0.717) is 16.5 Å². The van der Waals surface area contributed by atoms with Gasteiger partial charge in [-0.3, -0.25) is 9.52 Å². The van der Waals surface area contributed by atoms with Crippen molar-refractivity contribution < 1.29 is 17.9 Å². The first-order valence-electron chi connectivity index (χ1n) is 8.03. The van der Waals surface area contributed by atoms with Gasteiger partial charge >= 0.3 is 0 Å². The maximum Gasteiger partial charge on any atom is 0.261 e. The number of carbonyl (C=O) groups excluding carboxylic acids is 1. The fourth-order valence-corrected chi connectivity index (χ4v) is 3.42. The van der Waals surface area contributed by atoms with Crippen LogP contribution in [0.15, 0.2) is 53.4 Å². The molecular formula is C18H21ClN2O4S. The van der Waals surface area contributed by atoms with Gasteiger partial charge in [-0.15, -0.1) is 0 Å². The topological polar surface area (TPSA) is 84.5 Å². The van der Waals surface area contributed by atoms with E-state index < -0.39 is 16.1 Å². The molecule has 0 aliphatic heterocycles. The van der Waals surface area contributed by atoms with Crippen molar-refractivity contribution in [1.82, 2.24) is 5.32 Å². The molecule has 0 aliphatic carbocycles. The molecule has 2 aromatic carbocycles. The highest BCUT2D eigenvalue weighted by Crippen LogP contribution is 2.25. The van der Waals surface area contributed by atoms with Crippen molar-refractivity contribution in [2.45, 2.75) is 37.8 Å². The number of sulfonamides is 1. The van der Waals surface area contributed by atoms with Gasteiger partial charge in [-0.05, 0) is 57.2 Å².